The highest BCUT2D eigenvalue weighted by Gasteiger charge is 2.11. The Morgan fingerprint density at radius 3 is 2.89 bits per heavy atom. The number of aryl methyl sites for hydroxylation is 2. The Balaban J connectivity index is 2.24. The predicted molar refractivity (Wildman–Crippen MR) is 70.2 cm³/mol. The van der Waals surface area contributed by atoms with Crippen LogP contribution in [0.1, 0.15) is 21.6 Å². The summed E-state index contributed by atoms with van der Waals surface area (Å²) in [5.41, 5.74) is 8.88. The van der Waals surface area contributed by atoms with Gasteiger partial charge in [0.2, 0.25) is 0 Å². The number of aromatic nitrogens is 2. The van der Waals surface area contributed by atoms with E-state index in [0.717, 1.165) is 16.8 Å². The molecule has 2 rings (SSSR count). The Hall–Kier alpha value is -2.14. The number of benzene rings is 1. The second kappa shape index (κ2) is 5.01. The molecule has 0 saturated carbocycles. The molecule has 1 amide bonds. The quantitative estimate of drug-likeness (QED) is 0.858. The van der Waals surface area contributed by atoms with Crippen molar-refractivity contribution in [1.82, 2.24) is 9.55 Å². The molecule has 94 valence electrons. The molecular formula is C13H16N4O. The van der Waals surface area contributed by atoms with Crippen LogP contribution in [0.2, 0.25) is 0 Å². The van der Waals surface area contributed by atoms with E-state index in [1.165, 1.54) is 6.20 Å². The lowest BCUT2D eigenvalue weighted by Gasteiger charge is -2.10. The second-order valence-electron chi connectivity index (χ2n) is 4.20. The zero-order valence-electron chi connectivity index (χ0n) is 10.5. The molecule has 0 saturated heterocycles. The number of hydrogen-bond donors (Lipinski definition) is 2. The van der Waals surface area contributed by atoms with E-state index in [2.05, 4.69) is 10.3 Å². The highest BCUT2D eigenvalue weighted by molar-refractivity contribution is 6.03. The van der Waals surface area contributed by atoms with E-state index in [1.54, 1.807) is 17.9 Å². The number of carbonyl (C=O) groups excluding carboxylic acids is 1. The second-order valence-corrected chi connectivity index (χ2v) is 4.20. The van der Waals surface area contributed by atoms with Gasteiger partial charge in [-0.1, -0.05) is 12.1 Å². The van der Waals surface area contributed by atoms with Gasteiger partial charge < -0.3 is 15.6 Å². The number of nitrogens with one attached hydrogen (secondary N) is 1. The average molecular weight is 244 g/mol. The Bertz CT molecular complexity index is 574. The van der Waals surface area contributed by atoms with Crippen LogP contribution in [0, 0.1) is 6.92 Å². The smallest absolute Gasteiger partial charge is 0.273 e. The summed E-state index contributed by atoms with van der Waals surface area (Å²) in [7, 11) is 1.78. The van der Waals surface area contributed by atoms with Crippen LogP contribution >= 0.6 is 0 Å². The van der Waals surface area contributed by atoms with Crippen molar-refractivity contribution in [3.8, 4) is 0 Å². The van der Waals surface area contributed by atoms with E-state index in [4.69, 9.17) is 5.73 Å². The van der Waals surface area contributed by atoms with Crippen molar-refractivity contribution in [2.75, 3.05) is 5.32 Å². The molecule has 0 radical (unpaired) electrons. The summed E-state index contributed by atoms with van der Waals surface area (Å²) in [6.45, 7) is 2.40. The zero-order chi connectivity index (χ0) is 13.1. The van der Waals surface area contributed by atoms with E-state index < -0.39 is 0 Å². The molecule has 18 heavy (non-hydrogen) atoms. The average Bonchev–Trinajstić information content (AvgIpc) is 2.78. The molecule has 0 aliphatic heterocycles. The summed E-state index contributed by atoms with van der Waals surface area (Å²) in [6, 6.07) is 5.79. The van der Waals surface area contributed by atoms with Crippen LogP contribution in [-0.4, -0.2) is 15.5 Å². The van der Waals surface area contributed by atoms with Gasteiger partial charge in [0.25, 0.3) is 5.91 Å². The summed E-state index contributed by atoms with van der Waals surface area (Å²) < 4.78 is 1.68. The minimum absolute atomic E-state index is 0.174. The first-order valence-electron chi connectivity index (χ1n) is 5.69. The lowest BCUT2D eigenvalue weighted by atomic mass is 10.1. The van der Waals surface area contributed by atoms with Crippen LogP contribution in [0.3, 0.4) is 0 Å². The Kier molecular flexibility index (Phi) is 3.43. The van der Waals surface area contributed by atoms with Gasteiger partial charge in [0, 0.05) is 19.3 Å². The van der Waals surface area contributed by atoms with E-state index >= 15 is 0 Å². The minimum Gasteiger partial charge on any atom is -0.330 e. The normalized spacial score (nSPS) is 10.4. The van der Waals surface area contributed by atoms with Crippen LogP contribution in [-0.2, 0) is 13.6 Å². The molecular weight excluding hydrogens is 228 g/mol. The van der Waals surface area contributed by atoms with Crippen molar-refractivity contribution in [3.63, 3.8) is 0 Å². The largest absolute Gasteiger partial charge is 0.330 e. The highest BCUT2D eigenvalue weighted by atomic mass is 16.2. The Morgan fingerprint density at radius 1 is 1.50 bits per heavy atom. The molecule has 2 aromatic rings. The summed E-state index contributed by atoms with van der Waals surface area (Å²) >= 11 is 0. The van der Waals surface area contributed by atoms with Crippen LogP contribution in [0.15, 0.2) is 30.7 Å². The maximum atomic E-state index is 12.0. The van der Waals surface area contributed by atoms with E-state index in [-0.39, 0.29) is 5.91 Å². The molecule has 1 aromatic heterocycles. The number of rotatable bonds is 3. The van der Waals surface area contributed by atoms with Gasteiger partial charge in [-0.25, -0.2) is 4.98 Å². The van der Waals surface area contributed by atoms with E-state index in [9.17, 15) is 4.79 Å². The number of imidazole rings is 1. The first-order valence-corrected chi connectivity index (χ1v) is 5.69. The summed E-state index contributed by atoms with van der Waals surface area (Å²) in [5, 5.41) is 2.87. The molecule has 0 fully saturated rings. The summed E-state index contributed by atoms with van der Waals surface area (Å²) in [4.78, 5) is 16.0. The van der Waals surface area contributed by atoms with Crippen molar-refractivity contribution in [2.24, 2.45) is 12.8 Å². The van der Waals surface area contributed by atoms with E-state index in [1.807, 2.05) is 25.1 Å². The minimum atomic E-state index is -0.174. The highest BCUT2D eigenvalue weighted by Crippen LogP contribution is 2.17. The van der Waals surface area contributed by atoms with Crippen molar-refractivity contribution >= 4 is 11.6 Å². The third kappa shape index (κ3) is 2.41. The molecule has 5 heteroatoms. The molecule has 0 bridgehead atoms. The Morgan fingerprint density at radius 2 is 2.28 bits per heavy atom. The summed E-state index contributed by atoms with van der Waals surface area (Å²) in [6.07, 6.45) is 3.13. The molecule has 1 heterocycles. The Labute approximate surface area is 106 Å². The molecule has 5 nitrogen and oxygen atoms in total. The zero-order valence-corrected chi connectivity index (χ0v) is 10.5. The fraction of sp³-hybridized carbons (Fsp3) is 0.231. The van der Waals surface area contributed by atoms with Crippen LogP contribution in [0.25, 0.3) is 0 Å². The topological polar surface area (TPSA) is 72.9 Å². The molecule has 0 aliphatic rings. The van der Waals surface area contributed by atoms with Gasteiger partial charge in [-0.05, 0) is 24.1 Å². The standard InChI is InChI=1S/C13H16N4O/c1-9-3-4-10(6-14)5-11(9)16-13(18)12-7-15-8-17(12)2/h3-5,7-8H,6,14H2,1-2H3,(H,16,18). The van der Waals surface area contributed by atoms with Crippen molar-refractivity contribution in [1.29, 1.82) is 0 Å². The third-order valence-corrected chi connectivity index (χ3v) is 2.84. The number of nitrogens with two attached hydrogens (primary N) is 1. The molecule has 0 aliphatic carbocycles. The number of carbonyl (C=O) groups is 1. The van der Waals surface area contributed by atoms with Gasteiger partial charge >= 0.3 is 0 Å². The molecule has 0 spiro atoms. The fourth-order valence-corrected chi connectivity index (χ4v) is 1.69. The first-order chi connectivity index (χ1) is 8.61. The first kappa shape index (κ1) is 12.3. The predicted octanol–water partition coefficient (Wildman–Crippen LogP) is 1.44. The molecule has 1 aromatic carbocycles. The van der Waals surface area contributed by atoms with E-state index in [0.29, 0.717) is 12.2 Å². The number of anilines is 1. The lowest BCUT2D eigenvalue weighted by molar-refractivity contribution is 0.101. The van der Waals surface area contributed by atoms with Gasteiger partial charge in [0.1, 0.15) is 5.69 Å². The number of hydrogen-bond acceptors (Lipinski definition) is 3. The maximum absolute atomic E-state index is 12.0. The maximum Gasteiger partial charge on any atom is 0.273 e. The van der Waals surface area contributed by atoms with Crippen LogP contribution in [0.4, 0.5) is 5.69 Å². The SMILES string of the molecule is Cc1ccc(CN)cc1NC(=O)c1cncn1C. The monoisotopic (exact) mass is 244 g/mol. The molecule has 0 unspecified atom stereocenters. The van der Waals surface area contributed by atoms with Crippen LogP contribution in [0.5, 0.6) is 0 Å². The van der Waals surface area contributed by atoms with Gasteiger partial charge in [-0.2, -0.15) is 0 Å². The third-order valence-electron chi connectivity index (χ3n) is 2.84. The number of amides is 1. The van der Waals surface area contributed by atoms with Gasteiger partial charge in [0.15, 0.2) is 0 Å². The number of nitrogens with zero attached hydrogens (tertiary/aromatic N) is 2. The van der Waals surface area contributed by atoms with Crippen molar-refractivity contribution in [2.45, 2.75) is 13.5 Å². The lowest BCUT2D eigenvalue weighted by Crippen LogP contribution is -2.16. The summed E-state index contributed by atoms with van der Waals surface area (Å²) in [5.74, 6) is -0.174. The van der Waals surface area contributed by atoms with Crippen LogP contribution < -0.4 is 11.1 Å². The fourth-order valence-electron chi connectivity index (χ4n) is 1.69. The van der Waals surface area contributed by atoms with Crippen molar-refractivity contribution < 1.29 is 4.79 Å². The molecule has 0 atom stereocenters. The molecule has 3 N–H and O–H groups in total. The van der Waals surface area contributed by atoms with Gasteiger partial charge in [0.05, 0.1) is 12.5 Å². The van der Waals surface area contributed by atoms with Gasteiger partial charge in [-0.15, -0.1) is 0 Å². The van der Waals surface area contributed by atoms with Crippen molar-refractivity contribution in [3.05, 3.63) is 47.5 Å². The van der Waals surface area contributed by atoms with Gasteiger partial charge in [-0.3, -0.25) is 4.79 Å².